The summed E-state index contributed by atoms with van der Waals surface area (Å²) in [7, 11) is 0. The Balaban J connectivity index is 1.90. The monoisotopic (exact) mass is 322 g/mol. The van der Waals surface area contributed by atoms with Crippen molar-refractivity contribution in [3.63, 3.8) is 0 Å². The SMILES string of the molecule is Cc1cc2c(N3CCCC(CCBr)C3)nccn2n1. The molecule has 1 aliphatic rings. The number of hydrogen-bond acceptors (Lipinski definition) is 3. The molecular formula is C14H19BrN4. The van der Waals surface area contributed by atoms with Gasteiger partial charge in [-0.15, -0.1) is 0 Å². The van der Waals surface area contributed by atoms with Gasteiger partial charge in [0, 0.05) is 30.8 Å². The Bertz CT molecular complexity index is 564. The smallest absolute Gasteiger partial charge is 0.154 e. The predicted molar refractivity (Wildman–Crippen MR) is 81.1 cm³/mol. The van der Waals surface area contributed by atoms with E-state index < -0.39 is 0 Å². The van der Waals surface area contributed by atoms with E-state index in [0.29, 0.717) is 0 Å². The fraction of sp³-hybridized carbons (Fsp3) is 0.571. The molecule has 0 aromatic carbocycles. The molecule has 1 aliphatic heterocycles. The van der Waals surface area contributed by atoms with Crippen LogP contribution in [0.5, 0.6) is 0 Å². The first kappa shape index (κ1) is 12.9. The molecule has 0 radical (unpaired) electrons. The molecule has 19 heavy (non-hydrogen) atoms. The van der Waals surface area contributed by atoms with Crippen molar-refractivity contribution in [3.05, 3.63) is 24.2 Å². The van der Waals surface area contributed by atoms with Gasteiger partial charge >= 0.3 is 0 Å². The first-order chi connectivity index (χ1) is 9.28. The van der Waals surface area contributed by atoms with Gasteiger partial charge in [-0.2, -0.15) is 5.10 Å². The Kier molecular flexibility index (Phi) is 3.73. The van der Waals surface area contributed by atoms with E-state index in [2.05, 4.69) is 37.0 Å². The molecule has 0 bridgehead atoms. The Morgan fingerprint density at radius 3 is 3.21 bits per heavy atom. The zero-order valence-electron chi connectivity index (χ0n) is 11.2. The summed E-state index contributed by atoms with van der Waals surface area (Å²) in [5, 5.41) is 5.56. The minimum Gasteiger partial charge on any atom is -0.355 e. The second-order valence-electron chi connectivity index (χ2n) is 5.30. The molecule has 0 amide bonds. The highest BCUT2D eigenvalue weighted by atomic mass is 79.9. The van der Waals surface area contributed by atoms with Crippen LogP contribution in [0.25, 0.3) is 5.52 Å². The minimum atomic E-state index is 0.777. The van der Waals surface area contributed by atoms with Gasteiger partial charge in [0.25, 0.3) is 0 Å². The number of alkyl halides is 1. The fourth-order valence-electron chi connectivity index (χ4n) is 2.92. The van der Waals surface area contributed by atoms with Gasteiger partial charge in [0.15, 0.2) is 5.82 Å². The molecule has 3 rings (SSSR count). The third-order valence-electron chi connectivity index (χ3n) is 3.83. The lowest BCUT2D eigenvalue weighted by molar-refractivity contribution is 0.406. The zero-order valence-corrected chi connectivity index (χ0v) is 12.8. The van der Waals surface area contributed by atoms with Crippen LogP contribution in [0.1, 0.15) is 25.0 Å². The number of nitrogens with zero attached hydrogens (tertiary/aromatic N) is 4. The minimum absolute atomic E-state index is 0.777. The third-order valence-corrected chi connectivity index (χ3v) is 4.29. The summed E-state index contributed by atoms with van der Waals surface area (Å²) in [6.07, 6.45) is 7.61. The molecule has 1 atom stereocenters. The number of anilines is 1. The lowest BCUT2D eigenvalue weighted by Gasteiger charge is -2.33. The van der Waals surface area contributed by atoms with Crippen molar-refractivity contribution in [2.45, 2.75) is 26.2 Å². The number of rotatable bonds is 3. The van der Waals surface area contributed by atoms with E-state index in [-0.39, 0.29) is 0 Å². The lowest BCUT2D eigenvalue weighted by Crippen LogP contribution is -2.36. The van der Waals surface area contributed by atoms with Crippen molar-refractivity contribution in [1.82, 2.24) is 14.6 Å². The maximum absolute atomic E-state index is 4.59. The first-order valence-electron chi connectivity index (χ1n) is 6.90. The maximum atomic E-state index is 4.59. The van der Waals surface area contributed by atoms with Gasteiger partial charge in [-0.1, -0.05) is 15.9 Å². The largest absolute Gasteiger partial charge is 0.355 e. The second-order valence-corrected chi connectivity index (χ2v) is 6.09. The molecule has 4 nitrogen and oxygen atoms in total. The molecule has 3 heterocycles. The highest BCUT2D eigenvalue weighted by molar-refractivity contribution is 9.09. The van der Waals surface area contributed by atoms with Gasteiger partial charge < -0.3 is 4.90 Å². The van der Waals surface area contributed by atoms with Gasteiger partial charge in [0.2, 0.25) is 0 Å². The quantitative estimate of drug-likeness (QED) is 0.814. The highest BCUT2D eigenvalue weighted by Crippen LogP contribution is 2.27. The number of aryl methyl sites for hydroxylation is 1. The Hall–Kier alpha value is -1.10. The van der Waals surface area contributed by atoms with E-state index in [9.17, 15) is 0 Å². The first-order valence-corrected chi connectivity index (χ1v) is 8.02. The van der Waals surface area contributed by atoms with E-state index >= 15 is 0 Å². The number of halogens is 1. The molecular weight excluding hydrogens is 304 g/mol. The van der Waals surface area contributed by atoms with Crippen molar-refractivity contribution in [2.24, 2.45) is 5.92 Å². The van der Waals surface area contributed by atoms with Crippen LogP contribution in [0.4, 0.5) is 5.82 Å². The summed E-state index contributed by atoms with van der Waals surface area (Å²) in [6.45, 7) is 4.25. The average Bonchev–Trinajstić information content (AvgIpc) is 2.79. The summed E-state index contributed by atoms with van der Waals surface area (Å²) < 4.78 is 1.94. The molecule has 1 unspecified atom stereocenters. The summed E-state index contributed by atoms with van der Waals surface area (Å²) in [5.41, 5.74) is 2.17. The molecule has 1 saturated heterocycles. The number of fused-ring (bicyclic) bond motifs is 1. The Morgan fingerprint density at radius 1 is 1.47 bits per heavy atom. The summed E-state index contributed by atoms with van der Waals surface area (Å²) >= 11 is 3.56. The normalized spacial score (nSPS) is 20.1. The molecule has 0 aliphatic carbocycles. The Morgan fingerprint density at radius 2 is 2.37 bits per heavy atom. The van der Waals surface area contributed by atoms with Gasteiger partial charge in [0.05, 0.1) is 5.69 Å². The van der Waals surface area contributed by atoms with E-state index in [1.807, 2.05) is 23.8 Å². The molecule has 0 saturated carbocycles. The van der Waals surface area contributed by atoms with Crippen LogP contribution < -0.4 is 4.90 Å². The van der Waals surface area contributed by atoms with Gasteiger partial charge in [-0.3, -0.25) is 0 Å². The maximum Gasteiger partial charge on any atom is 0.154 e. The molecule has 1 fully saturated rings. The summed E-state index contributed by atoms with van der Waals surface area (Å²) in [4.78, 5) is 7.02. The topological polar surface area (TPSA) is 33.4 Å². The van der Waals surface area contributed by atoms with Crippen LogP contribution in [0.2, 0.25) is 0 Å². The van der Waals surface area contributed by atoms with Crippen LogP contribution in [0.15, 0.2) is 18.5 Å². The lowest BCUT2D eigenvalue weighted by atomic mass is 9.95. The summed E-state index contributed by atoms with van der Waals surface area (Å²) in [5.74, 6) is 1.86. The fourth-order valence-corrected chi connectivity index (χ4v) is 3.57. The zero-order chi connectivity index (χ0) is 13.2. The van der Waals surface area contributed by atoms with Crippen LogP contribution in [0.3, 0.4) is 0 Å². The van der Waals surface area contributed by atoms with E-state index in [4.69, 9.17) is 0 Å². The van der Waals surface area contributed by atoms with Crippen molar-refractivity contribution < 1.29 is 0 Å². The van der Waals surface area contributed by atoms with Gasteiger partial charge in [-0.25, -0.2) is 9.50 Å². The molecule has 2 aromatic heterocycles. The van der Waals surface area contributed by atoms with Crippen LogP contribution in [0, 0.1) is 12.8 Å². The summed E-state index contributed by atoms with van der Waals surface area (Å²) in [6, 6.07) is 2.12. The average molecular weight is 323 g/mol. The van der Waals surface area contributed by atoms with Gasteiger partial charge in [-0.05, 0) is 38.2 Å². The van der Waals surface area contributed by atoms with E-state index in [1.54, 1.807) is 0 Å². The molecule has 5 heteroatoms. The Labute approximate surface area is 121 Å². The molecule has 0 N–H and O–H groups in total. The molecule has 102 valence electrons. The van der Waals surface area contributed by atoms with Crippen LogP contribution >= 0.6 is 15.9 Å². The standard InChI is InChI=1S/C14H19BrN4/c1-11-9-13-14(16-6-8-19(13)17-11)18-7-2-3-12(10-18)4-5-15/h6,8-9,12H,2-5,7,10H2,1H3. The van der Waals surface area contributed by atoms with Crippen LogP contribution in [-0.4, -0.2) is 33.0 Å². The third kappa shape index (κ3) is 2.61. The molecule has 0 spiro atoms. The highest BCUT2D eigenvalue weighted by Gasteiger charge is 2.22. The van der Waals surface area contributed by atoms with Crippen molar-refractivity contribution in [2.75, 3.05) is 23.3 Å². The second kappa shape index (κ2) is 5.49. The number of aromatic nitrogens is 3. The molecule has 2 aromatic rings. The number of hydrogen-bond donors (Lipinski definition) is 0. The van der Waals surface area contributed by atoms with Crippen molar-refractivity contribution in [3.8, 4) is 0 Å². The van der Waals surface area contributed by atoms with Crippen LogP contribution in [-0.2, 0) is 0 Å². The van der Waals surface area contributed by atoms with E-state index in [1.165, 1.54) is 19.3 Å². The predicted octanol–water partition coefficient (Wildman–Crippen LogP) is 3.04. The van der Waals surface area contributed by atoms with E-state index in [0.717, 1.165) is 41.4 Å². The van der Waals surface area contributed by atoms with Crippen molar-refractivity contribution >= 4 is 27.3 Å². The van der Waals surface area contributed by atoms with Crippen molar-refractivity contribution in [1.29, 1.82) is 0 Å². The number of piperidine rings is 1. The van der Waals surface area contributed by atoms with Gasteiger partial charge in [0.1, 0.15) is 5.52 Å².